The number of rotatable bonds is 3. The van der Waals surface area contributed by atoms with Crippen molar-refractivity contribution in [2.75, 3.05) is 0 Å². The minimum absolute atomic E-state index is 0.0822. The highest BCUT2D eigenvalue weighted by Crippen LogP contribution is 2.21. The lowest BCUT2D eigenvalue weighted by atomic mass is 10.0. The fraction of sp³-hybridized carbons (Fsp3) is 0.583. The SMILES string of the molecule is CC(C)c1ccc(CO)c(C(C)C)n1. The van der Waals surface area contributed by atoms with Crippen LogP contribution in [-0.4, -0.2) is 10.1 Å². The van der Waals surface area contributed by atoms with Gasteiger partial charge in [0.05, 0.1) is 6.61 Å². The molecule has 0 saturated heterocycles. The van der Waals surface area contributed by atoms with Gasteiger partial charge in [0.1, 0.15) is 0 Å². The fourth-order valence-electron chi connectivity index (χ4n) is 1.47. The van der Waals surface area contributed by atoms with Gasteiger partial charge in [-0.15, -0.1) is 0 Å². The minimum atomic E-state index is 0.0822. The van der Waals surface area contributed by atoms with Crippen molar-refractivity contribution < 1.29 is 5.11 Å². The van der Waals surface area contributed by atoms with Crippen molar-refractivity contribution in [2.24, 2.45) is 0 Å². The number of aliphatic hydroxyl groups is 1. The standard InChI is InChI=1S/C12H19NO/c1-8(2)11-6-5-10(7-14)12(13-11)9(3)4/h5-6,8-9,14H,7H2,1-4H3. The lowest BCUT2D eigenvalue weighted by Gasteiger charge is -2.13. The van der Waals surface area contributed by atoms with E-state index in [0.29, 0.717) is 11.8 Å². The van der Waals surface area contributed by atoms with Crippen LogP contribution in [0.2, 0.25) is 0 Å². The van der Waals surface area contributed by atoms with Crippen LogP contribution in [0.1, 0.15) is 56.5 Å². The zero-order valence-electron chi connectivity index (χ0n) is 9.41. The molecule has 0 aliphatic carbocycles. The first-order valence-corrected chi connectivity index (χ1v) is 5.16. The van der Waals surface area contributed by atoms with Crippen LogP contribution in [0, 0.1) is 0 Å². The third-order valence-electron chi connectivity index (χ3n) is 2.34. The smallest absolute Gasteiger partial charge is 0.0699 e. The Morgan fingerprint density at radius 2 is 1.79 bits per heavy atom. The summed E-state index contributed by atoms with van der Waals surface area (Å²) in [5, 5.41) is 9.16. The van der Waals surface area contributed by atoms with Crippen molar-refractivity contribution in [2.45, 2.75) is 46.1 Å². The summed E-state index contributed by atoms with van der Waals surface area (Å²) >= 11 is 0. The van der Waals surface area contributed by atoms with Gasteiger partial charge in [0.15, 0.2) is 0 Å². The van der Waals surface area contributed by atoms with Gasteiger partial charge in [-0.2, -0.15) is 0 Å². The lowest BCUT2D eigenvalue weighted by Crippen LogP contribution is -2.04. The molecule has 0 aromatic carbocycles. The first-order chi connectivity index (χ1) is 6.56. The van der Waals surface area contributed by atoms with Gasteiger partial charge in [-0.1, -0.05) is 33.8 Å². The summed E-state index contributed by atoms with van der Waals surface area (Å²) in [6.45, 7) is 8.55. The quantitative estimate of drug-likeness (QED) is 0.800. The van der Waals surface area contributed by atoms with Crippen LogP contribution in [0.3, 0.4) is 0 Å². The average molecular weight is 193 g/mol. The van der Waals surface area contributed by atoms with Crippen LogP contribution in [-0.2, 0) is 6.61 Å². The van der Waals surface area contributed by atoms with Crippen LogP contribution in [0.5, 0.6) is 0 Å². The van der Waals surface area contributed by atoms with Gasteiger partial charge in [-0.3, -0.25) is 4.98 Å². The second-order valence-corrected chi connectivity index (χ2v) is 4.25. The van der Waals surface area contributed by atoms with E-state index in [9.17, 15) is 0 Å². The molecule has 2 nitrogen and oxygen atoms in total. The Bertz CT molecular complexity index is 305. The van der Waals surface area contributed by atoms with Crippen LogP contribution in [0.4, 0.5) is 0 Å². The van der Waals surface area contributed by atoms with E-state index in [4.69, 9.17) is 5.11 Å². The van der Waals surface area contributed by atoms with Gasteiger partial charge in [0, 0.05) is 11.4 Å². The molecule has 0 atom stereocenters. The summed E-state index contributed by atoms with van der Waals surface area (Å²) in [6, 6.07) is 3.99. The lowest BCUT2D eigenvalue weighted by molar-refractivity contribution is 0.279. The molecule has 2 heteroatoms. The molecular formula is C12H19NO. The molecule has 0 aliphatic heterocycles. The van der Waals surface area contributed by atoms with E-state index in [2.05, 4.69) is 32.7 Å². The average Bonchev–Trinajstić information content (AvgIpc) is 2.16. The van der Waals surface area contributed by atoms with Gasteiger partial charge < -0.3 is 5.11 Å². The molecule has 1 rings (SSSR count). The van der Waals surface area contributed by atoms with Crippen molar-refractivity contribution in [1.82, 2.24) is 4.98 Å². The van der Waals surface area contributed by atoms with Crippen LogP contribution < -0.4 is 0 Å². The Balaban J connectivity index is 3.14. The normalized spacial score (nSPS) is 11.4. The third-order valence-corrected chi connectivity index (χ3v) is 2.34. The van der Waals surface area contributed by atoms with Crippen molar-refractivity contribution in [1.29, 1.82) is 0 Å². The Morgan fingerprint density at radius 3 is 2.21 bits per heavy atom. The molecule has 78 valence electrons. The van der Waals surface area contributed by atoms with Crippen molar-refractivity contribution >= 4 is 0 Å². The van der Waals surface area contributed by atoms with E-state index in [1.165, 1.54) is 0 Å². The molecule has 1 aromatic heterocycles. The molecular weight excluding hydrogens is 174 g/mol. The maximum absolute atomic E-state index is 9.16. The molecule has 0 fully saturated rings. The molecule has 14 heavy (non-hydrogen) atoms. The van der Waals surface area contributed by atoms with Gasteiger partial charge in [-0.25, -0.2) is 0 Å². The molecule has 0 saturated carbocycles. The van der Waals surface area contributed by atoms with E-state index in [1.54, 1.807) is 0 Å². The highest BCUT2D eigenvalue weighted by molar-refractivity contribution is 5.26. The van der Waals surface area contributed by atoms with Gasteiger partial charge in [0.2, 0.25) is 0 Å². The highest BCUT2D eigenvalue weighted by Gasteiger charge is 2.10. The summed E-state index contributed by atoms with van der Waals surface area (Å²) in [7, 11) is 0. The van der Waals surface area contributed by atoms with Gasteiger partial charge in [0.25, 0.3) is 0 Å². The molecule has 0 spiro atoms. The molecule has 1 N–H and O–H groups in total. The fourth-order valence-corrected chi connectivity index (χ4v) is 1.47. The number of aliphatic hydroxyl groups excluding tert-OH is 1. The Morgan fingerprint density at radius 1 is 1.14 bits per heavy atom. The largest absolute Gasteiger partial charge is 0.392 e. The molecule has 0 amide bonds. The molecule has 0 bridgehead atoms. The zero-order chi connectivity index (χ0) is 10.7. The second-order valence-electron chi connectivity index (χ2n) is 4.25. The van der Waals surface area contributed by atoms with E-state index < -0.39 is 0 Å². The summed E-state index contributed by atoms with van der Waals surface area (Å²) in [5.41, 5.74) is 3.08. The predicted molar refractivity (Wildman–Crippen MR) is 58.3 cm³/mol. The van der Waals surface area contributed by atoms with Crippen LogP contribution >= 0.6 is 0 Å². The topological polar surface area (TPSA) is 33.1 Å². The van der Waals surface area contributed by atoms with E-state index in [0.717, 1.165) is 17.0 Å². The second kappa shape index (κ2) is 4.56. The van der Waals surface area contributed by atoms with E-state index in [-0.39, 0.29) is 6.61 Å². The number of nitrogens with zero attached hydrogens (tertiary/aromatic N) is 1. The number of hydrogen-bond donors (Lipinski definition) is 1. The molecule has 0 radical (unpaired) electrons. The first-order valence-electron chi connectivity index (χ1n) is 5.16. The van der Waals surface area contributed by atoms with Crippen molar-refractivity contribution in [3.63, 3.8) is 0 Å². The van der Waals surface area contributed by atoms with Crippen LogP contribution in [0.25, 0.3) is 0 Å². The van der Waals surface area contributed by atoms with Crippen molar-refractivity contribution in [3.8, 4) is 0 Å². The summed E-state index contributed by atoms with van der Waals surface area (Å²) in [6.07, 6.45) is 0. The molecule has 1 heterocycles. The number of pyridine rings is 1. The number of hydrogen-bond acceptors (Lipinski definition) is 2. The highest BCUT2D eigenvalue weighted by atomic mass is 16.3. The summed E-state index contributed by atoms with van der Waals surface area (Å²) < 4.78 is 0. The molecule has 0 unspecified atom stereocenters. The van der Waals surface area contributed by atoms with Gasteiger partial charge in [-0.05, 0) is 23.5 Å². The van der Waals surface area contributed by atoms with Crippen molar-refractivity contribution in [3.05, 3.63) is 29.1 Å². The summed E-state index contributed by atoms with van der Waals surface area (Å²) in [5.74, 6) is 0.816. The third kappa shape index (κ3) is 2.32. The van der Waals surface area contributed by atoms with Crippen LogP contribution in [0.15, 0.2) is 12.1 Å². The number of aromatic nitrogens is 1. The maximum atomic E-state index is 9.16. The Kier molecular flexibility index (Phi) is 3.64. The summed E-state index contributed by atoms with van der Waals surface area (Å²) in [4.78, 5) is 4.58. The monoisotopic (exact) mass is 193 g/mol. The Labute approximate surface area is 86.0 Å². The predicted octanol–water partition coefficient (Wildman–Crippen LogP) is 2.82. The molecule has 1 aromatic rings. The Hall–Kier alpha value is -0.890. The maximum Gasteiger partial charge on any atom is 0.0699 e. The minimum Gasteiger partial charge on any atom is -0.392 e. The van der Waals surface area contributed by atoms with E-state index >= 15 is 0 Å². The first kappa shape index (κ1) is 11.2. The zero-order valence-corrected chi connectivity index (χ0v) is 9.41. The van der Waals surface area contributed by atoms with Gasteiger partial charge >= 0.3 is 0 Å². The molecule has 0 aliphatic rings. The van der Waals surface area contributed by atoms with E-state index in [1.807, 2.05) is 12.1 Å².